The molecular weight excluding hydrogens is 334 g/mol. The first-order valence-electron chi connectivity index (χ1n) is 9.89. The Morgan fingerprint density at radius 1 is 1.11 bits per heavy atom. The van der Waals surface area contributed by atoms with Crippen molar-refractivity contribution in [2.45, 2.75) is 38.1 Å². The van der Waals surface area contributed by atoms with Crippen LogP contribution in [0.1, 0.15) is 29.7 Å². The van der Waals surface area contributed by atoms with Crippen molar-refractivity contribution in [3.05, 3.63) is 59.3 Å². The number of methoxy groups -OCH3 is 1. The molecule has 0 bridgehead atoms. The summed E-state index contributed by atoms with van der Waals surface area (Å²) in [6, 6.07) is 15.2. The Morgan fingerprint density at radius 2 is 2.00 bits per heavy atom. The van der Waals surface area contributed by atoms with E-state index in [9.17, 15) is 0 Å². The molecular formula is C23H25N3O. The number of fused-ring (bicyclic) bond motifs is 3. The fourth-order valence-electron chi connectivity index (χ4n) is 4.44. The van der Waals surface area contributed by atoms with Crippen molar-refractivity contribution in [2.75, 3.05) is 24.3 Å². The molecule has 2 aromatic carbocycles. The number of rotatable bonds is 3. The summed E-state index contributed by atoms with van der Waals surface area (Å²) < 4.78 is 5.49. The molecule has 1 aromatic heterocycles. The zero-order valence-electron chi connectivity index (χ0n) is 15.7. The van der Waals surface area contributed by atoms with Crippen molar-refractivity contribution in [2.24, 2.45) is 0 Å². The molecule has 5 rings (SSSR count). The number of hydrogen-bond donors (Lipinski definition) is 2. The highest BCUT2D eigenvalue weighted by Gasteiger charge is 2.23. The minimum absolute atomic E-state index is 0.364. The first kappa shape index (κ1) is 16.4. The van der Waals surface area contributed by atoms with E-state index in [1.807, 2.05) is 6.07 Å². The normalized spacial score (nSPS) is 18.3. The second-order valence-corrected chi connectivity index (χ2v) is 7.59. The molecule has 2 aliphatic rings. The van der Waals surface area contributed by atoms with Crippen molar-refractivity contribution in [1.82, 2.24) is 4.98 Å². The summed E-state index contributed by atoms with van der Waals surface area (Å²) in [5.74, 6) is 0.884. The fraction of sp³-hybridized carbons (Fsp3) is 0.348. The Hall–Kier alpha value is -2.75. The lowest BCUT2D eigenvalue weighted by molar-refractivity contribution is 0.415. The maximum atomic E-state index is 5.49. The van der Waals surface area contributed by atoms with Crippen LogP contribution in [0.3, 0.4) is 0 Å². The number of benzene rings is 2. The van der Waals surface area contributed by atoms with Crippen molar-refractivity contribution in [1.29, 1.82) is 0 Å². The molecule has 138 valence electrons. The summed E-state index contributed by atoms with van der Waals surface area (Å²) in [7, 11) is 1.72. The summed E-state index contributed by atoms with van der Waals surface area (Å²) in [6.45, 7) is 0.930. The van der Waals surface area contributed by atoms with Crippen LogP contribution in [-0.4, -0.2) is 24.7 Å². The number of aryl methyl sites for hydroxylation is 1. The smallest absolute Gasteiger partial charge is 0.119 e. The predicted molar refractivity (Wildman–Crippen MR) is 111 cm³/mol. The number of hydrogen-bond acceptors (Lipinski definition) is 4. The molecule has 0 saturated carbocycles. The van der Waals surface area contributed by atoms with E-state index in [2.05, 4.69) is 47.0 Å². The van der Waals surface area contributed by atoms with Crippen LogP contribution in [0.4, 0.5) is 11.4 Å². The standard InChI is InChI=1S/C23H25N3O/c1-27-17-10-11-22-19(13-17)23(18-7-3-5-9-21(18)26-22)25-16-12-15-6-2-4-8-20(15)24-14-16/h2,4,6,8,10-11,13,16,24H,3,5,7,9,12,14H2,1H3,(H,25,26). The molecule has 2 N–H and O–H groups in total. The van der Waals surface area contributed by atoms with Gasteiger partial charge in [0.2, 0.25) is 0 Å². The molecule has 1 atom stereocenters. The van der Waals surface area contributed by atoms with E-state index in [1.54, 1.807) is 7.11 Å². The number of aromatic nitrogens is 1. The highest BCUT2D eigenvalue weighted by atomic mass is 16.5. The van der Waals surface area contributed by atoms with Crippen LogP contribution in [0.2, 0.25) is 0 Å². The van der Waals surface area contributed by atoms with Crippen LogP contribution in [0.5, 0.6) is 5.75 Å². The number of nitrogens with one attached hydrogen (secondary N) is 2. The van der Waals surface area contributed by atoms with Gasteiger partial charge in [-0.3, -0.25) is 4.98 Å². The minimum Gasteiger partial charge on any atom is -0.497 e. The number of pyridine rings is 1. The number of anilines is 2. The molecule has 3 aromatic rings. The number of nitrogens with zero attached hydrogens (tertiary/aromatic N) is 1. The summed E-state index contributed by atoms with van der Waals surface area (Å²) >= 11 is 0. The second kappa shape index (κ2) is 6.76. The quantitative estimate of drug-likeness (QED) is 0.719. The van der Waals surface area contributed by atoms with Gasteiger partial charge in [0.25, 0.3) is 0 Å². The van der Waals surface area contributed by atoms with E-state index in [4.69, 9.17) is 9.72 Å². The van der Waals surface area contributed by atoms with Crippen molar-refractivity contribution >= 4 is 22.3 Å². The molecule has 2 heterocycles. The topological polar surface area (TPSA) is 46.2 Å². The fourth-order valence-corrected chi connectivity index (χ4v) is 4.44. The van der Waals surface area contributed by atoms with Gasteiger partial charge in [-0.1, -0.05) is 18.2 Å². The summed E-state index contributed by atoms with van der Waals surface area (Å²) in [4.78, 5) is 4.97. The third-order valence-corrected chi connectivity index (χ3v) is 5.84. The lowest BCUT2D eigenvalue weighted by Crippen LogP contribution is -2.35. The Bertz CT molecular complexity index is 998. The van der Waals surface area contributed by atoms with Crippen molar-refractivity contribution < 1.29 is 4.74 Å². The molecule has 27 heavy (non-hydrogen) atoms. The molecule has 1 aliphatic heterocycles. The second-order valence-electron chi connectivity index (χ2n) is 7.59. The SMILES string of the molecule is COc1ccc2nc3c(c(NC4CNc5ccccc5C4)c2c1)CCCC3. The molecule has 4 heteroatoms. The van der Waals surface area contributed by atoms with Crippen LogP contribution in [0, 0.1) is 0 Å². The van der Waals surface area contributed by atoms with Crippen LogP contribution in [0.15, 0.2) is 42.5 Å². The molecule has 0 radical (unpaired) electrons. The summed E-state index contributed by atoms with van der Waals surface area (Å²) in [5.41, 5.74) is 7.64. The Labute approximate surface area is 160 Å². The zero-order chi connectivity index (χ0) is 18.2. The molecule has 0 spiro atoms. The molecule has 0 saturated heterocycles. The average molecular weight is 359 g/mol. The Kier molecular flexibility index (Phi) is 4.12. The van der Waals surface area contributed by atoms with Crippen molar-refractivity contribution in [3.63, 3.8) is 0 Å². The van der Waals surface area contributed by atoms with Crippen LogP contribution in [-0.2, 0) is 19.3 Å². The summed E-state index contributed by atoms with van der Waals surface area (Å²) in [6.07, 6.45) is 5.70. The van der Waals surface area contributed by atoms with Crippen LogP contribution >= 0.6 is 0 Å². The Morgan fingerprint density at radius 3 is 2.93 bits per heavy atom. The van der Waals surface area contributed by atoms with Crippen molar-refractivity contribution in [3.8, 4) is 5.75 Å². The third kappa shape index (κ3) is 2.99. The molecule has 0 fully saturated rings. The Balaban J connectivity index is 1.57. The molecule has 0 amide bonds. The van der Waals surface area contributed by atoms with Gasteiger partial charge < -0.3 is 15.4 Å². The third-order valence-electron chi connectivity index (χ3n) is 5.84. The van der Waals surface area contributed by atoms with Gasteiger partial charge in [0.15, 0.2) is 0 Å². The highest BCUT2D eigenvalue weighted by Crippen LogP contribution is 2.36. The largest absolute Gasteiger partial charge is 0.497 e. The first-order valence-corrected chi connectivity index (χ1v) is 9.89. The molecule has 1 aliphatic carbocycles. The van der Waals surface area contributed by atoms with Crippen LogP contribution in [0.25, 0.3) is 10.9 Å². The number of para-hydroxylation sites is 1. The van der Waals surface area contributed by atoms with E-state index >= 15 is 0 Å². The van der Waals surface area contributed by atoms with Crippen LogP contribution < -0.4 is 15.4 Å². The van der Waals surface area contributed by atoms with E-state index in [0.717, 1.165) is 37.1 Å². The minimum atomic E-state index is 0.364. The van der Waals surface area contributed by atoms with E-state index < -0.39 is 0 Å². The van der Waals surface area contributed by atoms with E-state index in [-0.39, 0.29) is 0 Å². The summed E-state index contributed by atoms with van der Waals surface area (Å²) in [5, 5.41) is 8.64. The molecule has 4 nitrogen and oxygen atoms in total. The maximum Gasteiger partial charge on any atom is 0.119 e. The monoisotopic (exact) mass is 359 g/mol. The van der Waals surface area contributed by atoms with E-state index in [1.165, 1.54) is 46.4 Å². The average Bonchev–Trinajstić information content (AvgIpc) is 2.73. The first-order chi connectivity index (χ1) is 13.3. The van der Waals surface area contributed by atoms with Gasteiger partial charge in [-0.25, -0.2) is 0 Å². The van der Waals surface area contributed by atoms with Gasteiger partial charge in [-0.05, 0) is 67.5 Å². The predicted octanol–water partition coefficient (Wildman–Crippen LogP) is 4.57. The lowest BCUT2D eigenvalue weighted by Gasteiger charge is -2.30. The van der Waals surface area contributed by atoms with Gasteiger partial charge in [-0.2, -0.15) is 0 Å². The van der Waals surface area contributed by atoms with Gasteiger partial charge in [0.05, 0.1) is 12.6 Å². The van der Waals surface area contributed by atoms with E-state index in [0.29, 0.717) is 6.04 Å². The lowest BCUT2D eigenvalue weighted by atomic mass is 9.91. The zero-order valence-corrected chi connectivity index (χ0v) is 15.7. The van der Waals surface area contributed by atoms with Gasteiger partial charge in [-0.15, -0.1) is 0 Å². The highest BCUT2D eigenvalue weighted by molar-refractivity contribution is 5.94. The number of ether oxygens (including phenoxy) is 1. The van der Waals surface area contributed by atoms with Gasteiger partial charge in [0.1, 0.15) is 5.75 Å². The molecule has 1 unspecified atom stereocenters. The maximum absolute atomic E-state index is 5.49. The van der Waals surface area contributed by atoms with Gasteiger partial charge in [0, 0.05) is 35.0 Å². The van der Waals surface area contributed by atoms with Gasteiger partial charge >= 0.3 is 0 Å².